The molecule has 4 aromatic rings. The third-order valence-corrected chi connectivity index (χ3v) is 4.32. The van der Waals surface area contributed by atoms with E-state index in [1.807, 2.05) is 6.07 Å². The summed E-state index contributed by atoms with van der Waals surface area (Å²) < 4.78 is 7.65. The molecule has 1 amide bonds. The van der Waals surface area contributed by atoms with Gasteiger partial charge in [0.1, 0.15) is 11.4 Å². The van der Waals surface area contributed by atoms with Gasteiger partial charge in [-0.05, 0) is 38.1 Å². The molecule has 0 aliphatic rings. The molecule has 164 valence electrons. The van der Waals surface area contributed by atoms with Crippen molar-refractivity contribution in [1.82, 2.24) is 24.7 Å². The summed E-state index contributed by atoms with van der Waals surface area (Å²) in [6, 6.07) is 8.78. The summed E-state index contributed by atoms with van der Waals surface area (Å²) in [6.45, 7) is 7.22. The Morgan fingerprint density at radius 3 is 2.94 bits per heavy atom. The number of anilines is 3. The van der Waals surface area contributed by atoms with Gasteiger partial charge in [-0.25, -0.2) is 0 Å². The van der Waals surface area contributed by atoms with Gasteiger partial charge in [0.25, 0.3) is 0 Å². The van der Waals surface area contributed by atoms with Crippen LogP contribution in [0.1, 0.15) is 13.8 Å². The number of aliphatic hydroxyl groups is 1. The van der Waals surface area contributed by atoms with E-state index in [0.717, 1.165) is 0 Å². The number of hydrogen-bond acceptors (Lipinski definition) is 7. The van der Waals surface area contributed by atoms with Crippen molar-refractivity contribution >= 4 is 34.3 Å². The number of amides is 1. The number of benzene rings is 1. The van der Waals surface area contributed by atoms with Crippen LogP contribution in [0.15, 0.2) is 61.6 Å². The van der Waals surface area contributed by atoms with Crippen molar-refractivity contribution in [1.29, 1.82) is 0 Å². The topological polar surface area (TPSA) is 130 Å². The lowest BCUT2D eigenvalue weighted by Crippen LogP contribution is -2.26. The number of fused-ring (bicyclic) bond motifs is 1. The Balaban J connectivity index is 1.58. The molecule has 10 heteroatoms. The molecule has 4 N–H and O–H groups in total. The third-order valence-electron chi connectivity index (χ3n) is 4.32. The Bertz CT molecular complexity index is 1270. The Labute approximate surface area is 184 Å². The minimum atomic E-state index is -0.885. The summed E-state index contributed by atoms with van der Waals surface area (Å²) in [5.74, 6) is 0.842. The van der Waals surface area contributed by atoms with Gasteiger partial charge in [0.2, 0.25) is 17.7 Å². The molecule has 0 fully saturated rings. The molecule has 0 aliphatic heterocycles. The summed E-state index contributed by atoms with van der Waals surface area (Å²) in [5, 5.41) is 20.7. The zero-order chi connectivity index (χ0) is 22.7. The van der Waals surface area contributed by atoms with E-state index < -0.39 is 5.60 Å². The fourth-order valence-electron chi connectivity index (χ4n) is 3.03. The normalized spacial score (nSPS) is 11.3. The lowest BCUT2D eigenvalue weighted by molar-refractivity contribution is -0.111. The van der Waals surface area contributed by atoms with Gasteiger partial charge >= 0.3 is 0 Å². The molecule has 0 aliphatic carbocycles. The van der Waals surface area contributed by atoms with E-state index in [9.17, 15) is 9.90 Å². The number of hydrogen-bond donors (Lipinski definition) is 4. The Morgan fingerprint density at radius 2 is 2.16 bits per heavy atom. The van der Waals surface area contributed by atoms with E-state index in [1.165, 1.54) is 6.08 Å². The molecule has 0 saturated carbocycles. The van der Waals surface area contributed by atoms with Crippen molar-refractivity contribution in [2.24, 2.45) is 0 Å². The number of nitrogens with zero attached hydrogens (tertiary/aromatic N) is 4. The smallest absolute Gasteiger partial charge is 0.247 e. The number of ether oxygens (including phenoxy) is 1. The number of H-pyrrole nitrogens is 1. The molecule has 0 atom stereocenters. The summed E-state index contributed by atoms with van der Waals surface area (Å²) in [6.07, 6.45) is 6.33. The highest BCUT2D eigenvalue weighted by molar-refractivity contribution is 5.99. The molecule has 0 spiro atoms. The first-order valence-electron chi connectivity index (χ1n) is 9.87. The predicted molar refractivity (Wildman–Crippen MR) is 121 cm³/mol. The van der Waals surface area contributed by atoms with Crippen molar-refractivity contribution in [3.63, 3.8) is 0 Å². The van der Waals surface area contributed by atoms with Crippen LogP contribution in [0.25, 0.3) is 11.0 Å². The van der Waals surface area contributed by atoms with Crippen LogP contribution < -0.4 is 15.4 Å². The second kappa shape index (κ2) is 8.52. The molecule has 3 heterocycles. The molecule has 1 aromatic carbocycles. The predicted octanol–water partition coefficient (Wildman–Crippen LogP) is 3.59. The van der Waals surface area contributed by atoms with E-state index >= 15 is 0 Å². The minimum Gasteiger partial charge on any atom is -0.438 e. The molecule has 0 bridgehead atoms. The lowest BCUT2D eigenvalue weighted by Gasteiger charge is -2.16. The first-order chi connectivity index (χ1) is 15.3. The quantitative estimate of drug-likeness (QED) is 0.312. The lowest BCUT2D eigenvalue weighted by atomic mass is 10.1. The van der Waals surface area contributed by atoms with Gasteiger partial charge < -0.3 is 25.5 Å². The second-order valence-electron chi connectivity index (χ2n) is 7.78. The average Bonchev–Trinajstić information content (AvgIpc) is 3.36. The molecule has 10 nitrogen and oxygen atoms in total. The SMILES string of the molecule is C=CC(=O)Nc1cccc(Oc2nc(Nc3cnn(CC(C)(C)O)c3)nc3[nH]ccc23)c1. The molecule has 4 rings (SSSR count). The summed E-state index contributed by atoms with van der Waals surface area (Å²) in [7, 11) is 0. The number of nitrogens with one attached hydrogen (secondary N) is 3. The van der Waals surface area contributed by atoms with E-state index in [-0.39, 0.29) is 5.91 Å². The molecule has 0 radical (unpaired) electrons. The largest absolute Gasteiger partial charge is 0.438 e. The number of rotatable bonds is 8. The van der Waals surface area contributed by atoms with Gasteiger partial charge in [-0.2, -0.15) is 15.1 Å². The number of carbonyl (C=O) groups excluding carboxylic acids is 1. The zero-order valence-corrected chi connectivity index (χ0v) is 17.7. The molecular formula is C22H23N7O3. The van der Waals surface area contributed by atoms with Crippen LogP contribution in [0.4, 0.5) is 17.3 Å². The van der Waals surface area contributed by atoms with Crippen LogP contribution in [0.5, 0.6) is 11.6 Å². The van der Waals surface area contributed by atoms with Gasteiger partial charge in [-0.15, -0.1) is 0 Å². The van der Waals surface area contributed by atoms with E-state index in [0.29, 0.717) is 46.5 Å². The molecule has 3 aromatic heterocycles. The van der Waals surface area contributed by atoms with Gasteiger partial charge in [0.15, 0.2) is 0 Å². The number of aromatic amines is 1. The molecular weight excluding hydrogens is 410 g/mol. The van der Waals surface area contributed by atoms with Gasteiger partial charge in [0.05, 0.1) is 29.4 Å². The maximum atomic E-state index is 11.6. The van der Waals surface area contributed by atoms with Crippen LogP contribution in [0.3, 0.4) is 0 Å². The molecule has 32 heavy (non-hydrogen) atoms. The van der Waals surface area contributed by atoms with Crippen LogP contribution in [0, 0.1) is 0 Å². The Kier molecular flexibility index (Phi) is 5.61. The van der Waals surface area contributed by atoms with Gasteiger partial charge in [-0.3, -0.25) is 9.48 Å². The monoisotopic (exact) mass is 433 g/mol. The first kappa shape index (κ1) is 21.1. The van der Waals surface area contributed by atoms with Crippen LogP contribution in [-0.4, -0.2) is 41.3 Å². The van der Waals surface area contributed by atoms with E-state index in [2.05, 4.69) is 37.3 Å². The minimum absolute atomic E-state index is 0.311. The van der Waals surface area contributed by atoms with Crippen LogP contribution in [0.2, 0.25) is 0 Å². The highest BCUT2D eigenvalue weighted by Crippen LogP contribution is 2.30. The highest BCUT2D eigenvalue weighted by atomic mass is 16.5. The molecule has 0 saturated heterocycles. The van der Waals surface area contributed by atoms with E-state index in [1.54, 1.807) is 61.4 Å². The fourth-order valence-corrected chi connectivity index (χ4v) is 3.03. The summed E-state index contributed by atoms with van der Waals surface area (Å²) in [5.41, 5.74) is 0.950. The average molecular weight is 433 g/mol. The fraction of sp³-hybridized carbons (Fsp3) is 0.182. The third kappa shape index (κ3) is 5.10. The highest BCUT2D eigenvalue weighted by Gasteiger charge is 2.15. The van der Waals surface area contributed by atoms with Crippen molar-refractivity contribution in [2.75, 3.05) is 10.6 Å². The zero-order valence-electron chi connectivity index (χ0n) is 17.7. The van der Waals surface area contributed by atoms with Crippen molar-refractivity contribution in [2.45, 2.75) is 26.0 Å². The summed E-state index contributed by atoms with van der Waals surface area (Å²) in [4.78, 5) is 23.6. The summed E-state index contributed by atoms with van der Waals surface area (Å²) >= 11 is 0. The van der Waals surface area contributed by atoms with Crippen molar-refractivity contribution in [3.05, 3.63) is 61.6 Å². The van der Waals surface area contributed by atoms with Crippen LogP contribution in [-0.2, 0) is 11.3 Å². The maximum absolute atomic E-state index is 11.6. The maximum Gasteiger partial charge on any atom is 0.247 e. The molecule has 0 unspecified atom stereocenters. The Morgan fingerprint density at radius 1 is 1.31 bits per heavy atom. The van der Waals surface area contributed by atoms with Crippen molar-refractivity contribution in [3.8, 4) is 11.6 Å². The second-order valence-corrected chi connectivity index (χ2v) is 7.78. The Hall–Kier alpha value is -4.18. The van der Waals surface area contributed by atoms with Crippen LogP contribution >= 0.6 is 0 Å². The van der Waals surface area contributed by atoms with E-state index in [4.69, 9.17) is 4.74 Å². The number of carbonyl (C=O) groups is 1. The van der Waals surface area contributed by atoms with Gasteiger partial charge in [-0.1, -0.05) is 12.6 Å². The van der Waals surface area contributed by atoms with Gasteiger partial charge in [0, 0.05) is 24.1 Å². The standard InChI is InChI=1S/C22H23N7O3/c1-4-18(30)25-14-6-5-7-16(10-14)32-20-17-8-9-23-19(17)27-21(28-20)26-15-11-24-29(12-15)13-22(2,3)31/h4-12,31H,1,13H2,2-3H3,(H,25,30)(H2,23,26,27,28). The first-order valence-corrected chi connectivity index (χ1v) is 9.87. The van der Waals surface area contributed by atoms with Crippen molar-refractivity contribution < 1.29 is 14.6 Å². The number of aromatic nitrogens is 5.